The molecule has 0 amide bonds. The zero-order valence-electron chi connectivity index (χ0n) is 12.8. The molecule has 19 heavy (non-hydrogen) atoms. The number of aliphatic hydroxyl groups excluding tert-OH is 1. The maximum absolute atomic E-state index is 11.4. The van der Waals surface area contributed by atoms with E-state index in [9.17, 15) is 9.90 Å². The summed E-state index contributed by atoms with van der Waals surface area (Å²) >= 11 is 3.24. The minimum Gasteiger partial charge on any atom is -0.469 e. The van der Waals surface area contributed by atoms with Crippen molar-refractivity contribution in [3.05, 3.63) is 0 Å². The fourth-order valence-corrected chi connectivity index (χ4v) is 3.03. The second kappa shape index (κ2) is 7.76. The molecule has 0 spiro atoms. The van der Waals surface area contributed by atoms with Gasteiger partial charge in [-0.2, -0.15) is 0 Å². The first-order valence-corrected chi connectivity index (χ1v) is 10.5. The standard InChI is InChI=1S/C13H27BrO4Si/c1-13(2,3)19(5,6)18-11(7-10(15)9-14)8-12(16)17-4/h10-11,15H,7-9H2,1-6H3/t10?,11-/m1/s1. The molecule has 0 saturated heterocycles. The molecule has 0 radical (unpaired) electrons. The van der Waals surface area contributed by atoms with Crippen LogP contribution in [0.15, 0.2) is 0 Å². The number of aliphatic hydroxyl groups is 1. The molecule has 114 valence electrons. The number of esters is 1. The average Bonchev–Trinajstić information content (AvgIpc) is 2.26. The molecule has 0 heterocycles. The van der Waals surface area contributed by atoms with Crippen LogP contribution in [0.1, 0.15) is 33.6 Å². The lowest BCUT2D eigenvalue weighted by molar-refractivity contribution is -0.142. The third-order valence-electron chi connectivity index (χ3n) is 3.60. The van der Waals surface area contributed by atoms with Gasteiger partial charge in [0.15, 0.2) is 8.32 Å². The molecule has 0 aliphatic rings. The van der Waals surface area contributed by atoms with E-state index >= 15 is 0 Å². The molecule has 1 unspecified atom stereocenters. The van der Waals surface area contributed by atoms with Gasteiger partial charge in [-0.05, 0) is 24.6 Å². The molecule has 0 aromatic heterocycles. The lowest BCUT2D eigenvalue weighted by Gasteiger charge is -2.39. The van der Waals surface area contributed by atoms with Crippen molar-refractivity contribution >= 4 is 30.2 Å². The summed E-state index contributed by atoms with van der Waals surface area (Å²) in [6.45, 7) is 10.7. The highest BCUT2D eigenvalue weighted by Crippen LogP contribution is 2.38. The smallest absolute Gasteiger partial charge is 0.308 e. The van der Waals surface area contributed by atoms with Crippen molar-refractivity contribution in [2.24, 2.45) is 0 Å². The van der Waals surface area contributed by atoms with Crippen molar-refractivity contribution in [3.8, 4) is 0 Å². The first-order chi connectivity index (χ1) is 8.53. The summed E-state index contributed by atoms with van der Waals surface area (Å²) in [6.07, 6.45) is -0.180. The van der Waals surface area contributed by atoms with E-state index in [4.69, 9.17) is 9.16 Å². The Labute approximate surface area is 126 Å². The fraction of sp³-hybridized carbons (Fsp3) is 0.923. The van der Waals surface area contributed by atoms with Crippen LogP contribution in [0.3, 0.4) is 0 Å². The summed E-state index contributed by atoms with van der Waals surface area (Å²) in [4.78, 5) is 11.4. The molecule has 0 aliphatic heterocycles. The Morgan fingerprint density at radius 2 is 1.89 bits per heavy atom. The molecule has 0 bridgehead atoms. The number of carbonyl (C=O) groups is 1. The number of methoxy groups -OCH3 is 1. The Hall–Kier alpha value is 0.0869. The normalized spacial score (nSPS) is 16.0. The van der Waals surface area contributed by atoms with Crippen LogP contribution in [0.25, 0.3) is 0 Å². The minimum atomic E-state index is -1.96. The zero-order valence-corrected chi connectivity index (χ0v) is 15.4. The molecule has 0 aliphatic carbocycles. The highest BCUT2D eigenvalue weighted by Gasteiger charge is 2.39. The van der Waals surface area contributed by atoms with Gasteiger partial charge in [-0.15, -0.1) is 0 Å². The Kier molecular flexibility index (Phi) is 7.80. The number of rotatable bonds is 7. The second-order valence-corrected chi connectivity index (χ2v) is 11.7. The minimum absolute atomic E-state index is 0.0702. The second-order valence-electron chi connectivity index (χ2n) is 6.32. The van der Waals surface area contributed by atoms with Crippen molar-refractivity contribution in [1.29, 1.82) is 0 Å². The summed E-state index contributed by atoms with van der Waals surface area (Å²) < 4.78 is 10.9. The third kappa shape index (κ3) is 6.88. The number of hydrogen-bond acceptors (Lipinski definition) is 4. The number of carbonyl (C=O) groups excluding carboxylic acids is 1. The summed E-state index contributed by atoms with van der Waals surface area (Å²) in [7, 11) is -0.594. The van der Waals surface area contributed by atoms with Crippen LogP contribution in [0.5, 0.6) is 0 Å². The van der Waals surface area contributed by atoms with Crippen LogP contribution in [-0.2, 0) is 14.0 Å². The summed E-state index contributed by atoms with van der Waals surface area (Å²) in [6, 6.07) is 0. The quantitative estimate of drug-likeness (QED) is 0.433. The van der Waals surface area contributed by atoms with Crippen LogP contribution >= 0.6 is 15.9 Å². The molecule has 0 fully saturated rings. The molecular weight excluding hydrogens is 328 g/mol. The highest BCUT2D eigenvalue weighted by molar-refractivity contribution is 9.09. The van der Waals surface area contributed by atoms with E-state index in [0.717, 1.165) is 0 Å². The molecule has 0 saturated carbocycles. The van der Waals surface area contributed by atoms with Gasteiger partial charge in [0.1, 0.15) is 0 Å². The van der Waals surface area contributed by atoms with Crippen molar-refractivity contribution in [3.63, 3.8) is 0 Å². The Bertz CT molecular complexity index is 289. The van der Waals surface area contributed by atoms with Gasteiger partial charge in [-0.1, -0.05) is 36.7 Å². The van der Waals surface area contributed by atoms with Gasteiger partial charge < -0.3 is 14.3 Å². The highest BCUT2D eigenvalue weighted by atomic mass is 79.9. The monoisotopic (exact) mass is 354 g/mol. The summed E-state index contributed by atoms with van der Waals surface area (Å²) in [5.41, 5.74) is 0. The number of ether oxygens (including phenoxy) is 1. The molecule has 0 aromatic carbocycles. The van der Waals surface area contributed by atoms with E-state index in [1.54, 1.807) is 0 Å². The van der Waals surface area contributed by atoms with Crippen LogP contribution in [-0.4, -0.2) is 44.0 Å². The van der Waals surface area contributed by atoms with Crippen LogP contribution in [0.2, 0.25) is 18.1 Å². The van der Waals surface area contributed by atoms with E-state index in [2.05, 4.69) is 49.8 Å². The Morgan fingerprint density at radius 1 is 1.37 bits per heavy atom. The van der Waals surface area contributed by atoms with Gasteiger partial charge in [0.25, 0.3) is 0 Å². The Balaban J connectivity index is 4.79. The molecular formula is C13H27BrO4Si. The lowest BCUT2D eigenvalue weighted by atomic mass is 10.1. The van der Waals surface area contributed by atoms with Crippen molar-refractivity contribution in [1.82, 2.24) is 0 Å². The van der Waals surface area contributed by atoms with E-state index in [1.807, 2.05) is 0 Å². The van der Waals surface area contributed by atoms with Gasteiger partial charge in [0.2, 0.25) is 0 Å². The van der Waals surface area contributed by atoms with Crippen LogP contribution in [0, 0.1) is 0 Å². The molecule has 0 rings (SSSR count). The van der Waals surface area contributed by atoms with E-state index in [0.29, 0.717) is 11.8 Å². The predicted molar refractivity (Wildman–Crippen MR) is 83.1 cm³/mol. The number of hydrogen-bond donors (Lipinski definition) is 1. The third-order valence-corrected chi connectivity index (χ3v) is 8.88. The molecule has 0 aromatic rings. The Morgan fingerprint density at radius 3 is 2.26 bits per heavy atom. The number of halogens is 1. The van der Waals surface area contributed by atoms with E-state index < -0.39 is 14.4 Å². The first kappa shape index (κ1) is 19.1. The van der Waals surface area contributed by atoms with Crippen molar-refractivity contribution < 1.29 is 19.1 Å². The summed E-state index contributed by atoms with van der Waals surface area (Å²) in [5, 5.41) is 10.3. The predicted octanol–water partition coefficient (Wildman–Crippen LogP) is 3.09. The molecule has 4 nitrogen and oxygen atoms in total. The molecule has 2 atom stereocenters. The van der Waals surface area contributed by atoms with Crippen LogP contribution in [0.4, 0.5) is 0 Å². The van der Waals surface area contributed by atoms with Gasteiger partial charge in [0.05, 0.1) is 25.7 Å². The van der Waals surface area contributed by atoms with Crippen molar-refractivity contribution in [2.75, 3.05) is 12.4 Å². The number of alkyl halides is 1. The SMILES string of the molecule is COC(=O)C[C@@H](CC(O)CBr)O[Si](C)(C)C(C)(C)C. The zero-order chi connectivity index (χ0) is 15.3. The maximum Gasteiger partial charge on any atom is 0.308 e. The largest absolute Gasteiger partial charge is 0.469 e. The van der Waals surface area contributed by atoms with E-state index in [1.165, 1.54) is 7.11 Å². The molecule has 1 N–H and O–H groups in total. The average molecular weight is 355 g/mol. The first-order valence-electron chi connectivity index (χ1n) is 6.52. The lowest BCUT2D eigenvalue weighted by Crippen LogP contribution is -2.45. The van der Waals surface area contributed by atoms with Gasteiger partial charge in [-0.3, -0.25) is 4.79 Å². The van der Waals surface area contributed by atoms with Gasteiger partial charge in [0, 0.05) is 5.33 Å². The topological polar surface area (TPSA) is 55.8 Å². The molecule has 6 heteroatoms. The van der Waals surface area contributed by atoms with Gasteiger partial charge in [-0.25, -0.2) is 0 Å². The van der Waals surface area contributed by atoms with Crippen molar-refractivity contribution in [2.45, 2.75) is 64.0 Å². The maximum atomic E-state index is 11.4. The fourth-order valence-electron chi connectivity index (χ4n) is 1.40. The van der Waals surface area contributed by atoms with Gasteiger partial charge >= 0.3 is 5.97 Å². The summed E-state index contributed by atoms with van der Waals surface area (Å²) in [5.74, 6) is -0.300. The van der Waals surface area contributed by atoms with E-state index in [-0.39, 0.29) is 23.5 Å². The van der Waals surface area contributed by atoms with Crippen LogP contribution < -0.4 is 0 Å².